The van der Waals surface area contributed by atoms with Crippen LogP contribution in [0.3, 0.4) is 0 Å². The Balaban J connectivity index is 2.39. The summed E-state index contributed by atoms with van der Waals surface area (Å²) in [5.41, 5.74) is 5.58. The summed E-state index contributed by atoms with van der Waals surface area (Å²) in [5, 5.41) is 11.8. The van der Waals surface area contributed by atoms with Crippen LogP contribution in [0.5, 0.6) is 0 Å². The van der Waals surface area contributed by atoms with Gasteiger partial charge in [0.1, 0.15) is 0 Å². The molecule has 1 N–H and O–H groups in total. The molecule has 0 bridgehead atoms. The maximum atomic E-state index is 8.42. The lowest BCUT2D eigenvalue weighted by Crippen LogP contribution is -2.19. The Hall–Kier alpha value is -1.33. The predicted molar refractivity (Wildman–Crippen MR) is 72.1 cm³/mol. The van der Waals surface area contributed by atoms with E-state index in [1.54, 1.807) is 0 Å². The molecule has 0 aromatic heterocycles. The van der Waals surface area contributed by atoms with E-state index in [4.69, 9.17) is 5.26 Å². The van der Waals surface area contributed by atoms with Gasteiger partial charge in [-0.05, 0) is 63.4 Å². The number of nitrogens with one attached hydrogen (secondary N) is 1. The molecule has 0 radical (unpaired) electrons. The number of rotatable bonds is 6. The van der Waals surface area contributed by atoms with Gasteiger partial charge in [0, 0.05) is 6.42 Å². The van der Waals surface area contributed by atoms with E-state index < -0.39 is 0 Å². The monoisotopic (exact) mass is 230 g/mol. The first-order valence-corrected chi connectivity index (χ1v) is 6.29. The van der Waals surface area contributed by atoms with Gasteiger partial charge in [-0.2, -0.15) is 5.26 Å². The van der Waals surface area contributed by atoms with Crippen molar-refractivity contribution in [2.75, 3.05) is 13.1 Å². The smallest absolute Gasteiger partial charge is 0.0622 e. The van der Waals surface area contributed by atoms with Gasteiger partial charge in [-0.15, -0.1) is 0 Å². The molecule has 1 aromatic carbocycles. The second-order valence-electron chi connectivity index (χ2n) is 4.64. The van der Waals surface area contributed by atoms with Crippen LogP contribution in [0, 0.1) is 32.1 Å². The number of benzene rings is 1. The van der Waals surface area contributed by atoms with Crippen LogP contribution in [-0.2, 0) is 6.42 Å². The average Bonchev–Trinajstić information content (AvgIpc) is 2.26. The van der Waals surface area contributed by atoms with Gasteiger partial charge in [0.15, 0.2) is 0 Å². The Labute approximate surface area is 105 Å². The van der Waals surface area contributed by atoms with E-state index in [-0.39, 0.29) is 0 Å². The molecular weight excluding hydrogens is 208 g/mol. The summed E-state index contributed by atoms with van der Waals surface area (Å²) in [4.78, 5) is 0. The molecule has 17 heavy (non-hydrogen) atoms. The highest BCUT2D eigenvalue weighted by molar-refractivity contribution is 5.37. The number of nitrogens with zero attached hydrogens (tertiary/aromatic N) is 1. The SMILES string of the molecule is Cc1cc(C)c(CCNCCCC#N)c(C)c1. The first kappa shape index (κ1) is 13.7. The quantitative estimate of drug-likeness (QED) is 0.762. The Kier molecular flexibility index (Phi) is 5.72. The van der Waals surface area contributed by atoms with Crippen molar-refractivity contribution in [2.45, 2.75) is 40.0 Å². The molecule has 1 aromatic rings. The van der Waals surface area contributed by atoms with Crippen molar-refractivity contribution in [3.63, 3.8) is 0 Å². The summed E-state index contributed by atoms with van der Waals surface area (Å²) in [5.74, 6) is 0. The molecule has 2 heteroatoms. The van der Waals surface area contributed by atoms with Crippen LogP contribution in [0.25, 0.3) is 0 Å². The maximum Gasteiger partial charge on any atom is 0.0622 e. The van der Waals surface area contributed by atoms with Crippen molar-refractivity contribution in [1.82, 2.24) is 5.32 Å². The van der Waals surface area contributed by atoms with Gasteiger partial charge >= 0.3 is 0 Å². The maximum absolute atomic E-state index is 8.42. The second-order valence-corrected chi connectivity index (χ2v) is 4.64. The molecule has 0 aliphatic rings. The fraction of sp³-hybridized carbons (Fsp3) is 0.533. The predicted octanol–water partition coefficient (Wildman–Crippen LogP) is 3.05. The van der Waals surface area contributed by atoms with Gasteiger partial charge < -0.3 is 5.32 Å². The van der Waals surface area contributed by atoms with E-state index in [9.17, 15) is 0 Å². The van der Waals surface area contributed by atoms with Crippen molar-refractivity contribution in [1.29, 1.82) is 5.26 Å². The van der Waals surface area contributed by atoms with E-state index in [0.29, 0.717) is 6.42 Å². The summed E-state index contributed by atoms with van der Waals surface area (Å²) in [6, 6.07) is 6.66. The zero-order chi connectivity index (χ0) is 12.7. The fourth-order valence-corrected chi connectivity index (χ4v) is 2.24. The Morgan fingerprint density at radius 3 is 2.35 bits per heavy atom. The molecule has 0 heterocycles. The van der Waals surface area contributed by atoms with E-state index >= 15 is 0 Å². The Bertz CT molecular complexity index is 379. The number of nitriles is 1. The van der Waals surface area contributed by atoms with Crippen LogP contribution >= 0.6 is 0 Å². The summed E-state index contributed by atoms with van der Waals surface area (Å²) < 4.78 is 0. The van der Waals surface area contributed by atoms with Crippen LogP contribution in [0.2, 0.25) is 0 Å². The lowest BCUT2D eigenvalue weighted by molar-refractivity contribution is 0.653. The third kappa shape index (κ3) is 4.58. The van der Waals surface area contributed by atoms with Crippen molar-refractivity contribution >= 4 is 0 Å². The Morgan fingerprint density at radius 1 is 1.12 bits per heavy atom. The highest BCUT2D eigenvalue weighted by atomic mass is 14.8. The summed E-state index contributed by atoms with van der Waals surface area (Å²) in [6.45, 7) is 8.45. The minimum absolute atomic E-state index is 0.648. The van der Waals surface area contributed by atoms with E-state index in [0.717, 1.165) is 25.9 Å². The fourth-order valence-electron chi connectivity index (χ4n) is 2.24. The first-order chi connectivity index (χ1) is 8.15. The lowest BCUT2D eigenvalue weighted by atomic mass is 9.97. The van der Waals surface area contributed by atoms with Crippen molar-refractivity contribution in [3.8, 4) is 6.07 Å². The molecule has 0 fully saturated rings. The zero-order valence-electron chi connectivity index (χ0n) is 11.1. The average molecular weight is 230 g/mol. The van der Waals surface area contributed by atoms with Crippen LogP contribution < -0.4 is 5.32 Å². The van der Waals surface area contributed by atoms with Crippen LogP contribution in [-0.4, -0.2) is 13.1 Å². The van der Waals surface area contributed by atoms with Crippen LogP contribution in [0.15, 0.2) is 12.1 Å². The summed E-state index contributed by atoms with van der Waals surface area (Å²) in [6.07, 6.45) is 2.67. The normalized spacial score (nSPS) is 10.2. The largest absolute Gasteiger partial charge is 0.316 e. The highest BCUT2D eigenvalue weighted by Crippen LogP contribution is 2.16. The molecular formula is C15H22N2. The van der Waals surface area contributed by atoms with Crippen molar-refractivity contribution in [2.24, 2.45) is 0 Å². The minimum atomic E-state index is 0.648. The number of hydrogen-bond acceptors (Lipinski definition) is 2. The van der Waals surface area contributed by atoms with Crippen molar-refractivity contribution < 1.29 is 0 Å². The number of aryl methyl sites for hydroxylation is 3. The molecule has 2 nitrogen and oxygen atoms in total. The third-order valence-corrected chi connectivity index (χ3v) is 3.03. The summed E-state index contributed by atoms with van der Waals surface area (Å²) in [7, 11) is 0. The van der Waals surface area contributed by atoms with Gasteiger partial charge in [0.05, 0.1) is 6.07 Å². The van der Waals surface area contributed by atoms with E-state index in [1.807, 2.05) is 0 Å². The van der Waals surface area contributed by atoms with Crippen LogP contribution in [0.4, 0.5) is 0 Å². The van der Waals surface area contributed by atoms with Gasteiger partial charge in [-0.3, -0.25) is 0 Å². The number of hydrogen-bond donors (Lipinski definition) is 1. The van der Waals surface area contributed by atoms with E-state index in [1.165, 1.54) is 22.3 Å². The molecule has 0 spiro atoms. The first-order valence-electron chi connectivity index (χ1n) is 6.29. The highest BCUT2D eigenvalue weighted by Gasteiger charge is 2.03. The molecule has 0 unspecified atom stereocenters. The van der Waals surface area contributed by atoms with Gasteiger partial charge in [-0.25, -0.2) is 0 Å². The molecule has 92 valence electrons. The van der Waals surface area contributed by atoms with E-state index in [2.05, 4.69) is 44.3 Å². The van der Waals surface area contributed by atoms with Crippen LogP contribution in [0.1, 0.15) is 35.1 Å². The van der Waals surface area contributed by atoms with Gasteiger partial charge in [0.25, 0.3) is 0 Å². The van der Waals surface area contributed by atoms with Crippen molar-refractivity contribution in [3.05, 3.63) is 34.4 Å². The summed E-state index contributed by atoms with van der Waals surface area (Å²) >= 11 is 0. The third-order valence-electron chi connectivity index (χ3n) is 3.03. The molecule has 0 aliphatic heterocycles. The second kappa shape index (κ2) is 7.09. The molecule has 0 aliphatic carbocycles. The molecule has 0 saturated heterocycles. The topological polar surface area (TPSA) is 35.8 Å². The molecule has 0 saturated carbocycles. The van der Waals surface area contributed by atoms with Gasteiger partial charge in [0.2, 0.25) is 0 Å². The lowest BCUT2D eigenvalue weighted by Gasteiger charge is -2.11. The molecule has 0 amide bonds. The number of unbranched alkanes of at least 4 members (excludes halogenated alkanes) is 1. The zero-order valence-corrected chi connectivity index (χ0v) is 11.1. The van der Waals surface area contributed by atoms with Gasteiger partial charge in [-0.1, -0.05) is 17.7 Å². The molecule has 0 atom stereocenters. The standard InChI is InChI=1S/C15H22N2/c1-12-10-13(2)15(14(3)11-12)6-9-17-8-5-4-7-16/h10-11,17H,4-6,8-9H2,1-3H3. The molecule has 1 rings (SSSR count). The Morgan fingerprint density at radius 2 is 1.76 bits per heavy atom. The minimum Gasteiger partial charge on any atom is -0.316 e.